The topological polar surface area (TPSA) is 329 Å². The monoisotopic (exact) mass is 1350 g/mol. The molecule has 8 N–H and O–H groups in total. The van der Waals surface area contributed by atoms with E-state index in [0.717, 1.165) is 16.8 Å². The van der Waals surface area contributed by atoms with Crippen LogP contribution in [0.25, 0.3) is 0 Å². The summed E-state index contributed by atoms with van der Waals surface area (Å²) >= 11 is 0. The largest absolute Gasteiger partial charge is 0.508 e. The molecule has 25 nitrogen and oxygen atoms in total. The van der Waals surface area contributed by atoms with E-state index in [1.807, 2.05) is 13.0 Å². The Hall–Kier alpha value is -9.22. The molecule has 6 atom stereocenters. The van der Waals surface area contributed by atoms with E-state index in [2.05, 4.69) is 25.6 Å². The van der Waals surface area contributed by atoms with Crippen LogP contribution < -0.4 is 40.1 Å². The number of carbonyl (C=O) groups is 5. The molecule has 0 saturated carbocycles. The summed E-state index contributed by atoms with van der Waals surface area (Å²) in [5.41, 5.74) is 9.43. The molecule has 0 spiro atoms. The summed E-state index contributed by atoms with van der Waals surface area (Å²) in [6.45, 7) is 16.0. The zero-order chi connectivity index (χ0) is 68.9. The van der Waals surface area contributed by atoms with Crippen molar-refractivity contribution in [2.75, 3.05) is 53.5 Å². The second-order valence-electron chi connectivity index (χ2n) is 24.5. The number of hydrogen-bond acceptors (Lipinski definition) is 20. The van der Waals surface area contributed by atoms with Gasteiger partial charge in [-0.25, -0.2) is 37.7 Å². The van der Waals surface area contributed by atoms with E-state index in [9.17, 15) is 57.6 Å². The van der Waals surface area contributed by atoms with Crippen molar-refractivity contribution < 1.29 is 90.7 Å². The number of likely N-dealkylation sites (tertiary alicyclic amines) is 3. The molecule has 3 aliphatic heterocycles. The normalized spacial score (nSPS) is 18.2. The summed E-state index contributed by atoms with van der Waals surface area (Å²) < 4.78 is 79.3. The maximum absolute atomic E-state index is 13.7. The lowest BCUT2D eigenvalue weighted by atomic mass is 10.1. The summed E-state index contributed by atoms with van der Waals surface area (Å²) in [6.07, 6.45) is -9.12. The highest BCUT2D eigenvalue weighted by atomic mass is 35.5. The first kappa shape index (κ1) is 74.8. The number of phenolic OH excluding ortho intramolecular Hbond substituents is 1. The van der Waals surface area contributed by atoms with Crippen LogP contribution in [0.3, 0.4) is 0 Å². The molecule has 6 heterocycles. The fourth-order valence-electron chi connectivity index (χ4n) is 9.73. The van der Waals surface area contributed by atoms with Crippen LogP contribution in [-0.4, -0.2) is 182 Å². The number of aliphatic hydroxyl groups excluding tert-OH is 3. The van der Waals surface area contributed by atoms with E-state index in [-0.39, 0.29) is 105 Å². The number of aromatic nitrogens is 3. The van der Waals surface area contributed by atoms with Gasteiger partial charge in [0.2, 0.25) is 17.6 Å². The average molecular weight is 1350 g/mol. The van der Waals surface area contributed by atoms with Gasteiger partial charge in [-0.05, 0) is 134 Å². The highest BCUT2D eigenvalue weighted by molar-refractivity contribution is 5.97. The molecule has 6 aromatic rings. The number of pyridine rings is 3. The molecule has 0 bridgehead atoms. The Labute approximate surface area is 554 Å². The number of phenols is 1. The van der Waals surface area contributed by atoms with E-state index < -0.39 is 77.9 Å². The molecule has 9 rings (SSSR count). The molecule has 0 aliphatic carbocycles. The number of aryl methyl sites for hydroxylation is 3. The van der Waals surface area contributed by atoms with Crippen molar-refractivity contribution in [1.29, 1.82) is 0 Å². The Morgan fingerprint density at radius 1 is 0.484 bits per heavy atom. The Morgan fingerprint density at radius 2 is 0.789 bits per heavy atom. The summed E-state index contributed by atoms with van der Waals surface area (Å²) in [7, 11) is 2.93. The Kier molecular flexibility index (Phi) is 25.8. The van der Waals surface area contributed by atoms with Gasteiger partial charge in [0.1, 0.15) is 82.5 Å². The number of β-amino-alcohol motifs (C(OH)–C–C–N with tert-alkyl or cyclic N) is 3. The van der Waals surface area contributed by atoms with E-state index in [1.54, 1.807) is 104 Å². The molecular formula is C66H81ClF3N9O16. The van der Waals surface area contributed by atoms with Gasteiger partial charge in [0.15, 0.2) is 0 Å². The minimum absolute atomic E-state index is 0. The van der Waals surface area contributed by atoms with Crippen LogP contribution in [0.2, 0.25) is 0 Å². The number of nitrogens with two attached hydrogens (primary N) is 1. The predicted octanol–water partition coefficient (Wildman–Crippen LogP) is 8.66. The Morgan fingerprint density at radius 3 is 1.09 bits per heavy atom. The fourth-order valence-corrected chi connectivity index (χ4v) is 9.73. The number of rotatable bonds is 16. The number of nitrogens with zero attached hydrogens (tertiary/aromatic N) is 6. The van der Waals surface area contributed by atoms with Gasteiger partial charge in [0.05, 0.1) is 33.9 Å². The quantitative estimate of drug-likeness (QED) is 0.0476. The highest BCUT2D eigenvalue weighted by Crippen LogP contribution is 2.33. The number of benzene rings is 3. The van der Waals surface area contributed by atoms with Crippen molar-refractivity contribution in [3.8, 4) is 52.1 Å². The van der Waals surface area contributed by atoms with Crippen LogP contribution >= 0.6 is 12.4 Å². The number of methoxy groups -OCH3 is 2. The molecular weight excluding hydrogens is 1270 g/mol. The van der Waals surface area contributed by atoms with Gasteiger partial charge < -0.3 is 84.7 Å². The van der Waals surface area contributed by atoms with Crippen LogP contribution in [0.5, 0.6) is 52.1 Å². The summed E-state index contributed by atoms with van der Waals surface area (Å²) in [6, 6.07) is 23.7. The molecule has 95 heavy (non-hydrogen) atoms. The fraction of sp³-hybridized carbons (Fsp3) is 0.424. The smallest absolute Gasteiger partial charge is 0.407 e. The number of alkyl carbamates (subject to hydrolysis) is 2. The van der Waals surface area contributed by atoms with Crippen LogP contribution in [0, 0.1) is 20.8 Å². The number of carbonyl (C=O) groups excluding carboxylic acids is 5. The van der Waals surface area contributed by atoms with Crippen molar-refractivity contribution in [1.82, 2.24) is 40.3 Å². The lowest BCUT2D eigenvalue weighted by Crippen LogP contribution is -2.32. The second kappa shape index (κ2) is 32.8. The standard InChI is InChI=1S/C24H30FN3O6.C23H28FN3O6.C19H22FN3O4.ClH/c1-14-6-15(11-26-23(31)34-24(2,3)4)7-21(27-14)33-18-9-16(8-17(10-18)32-5)22(30)28-12-19(25)20(29)13-28;1-13-5-14(10-25-22(31)33-23(2,3)4)6-20(26-13)32-17-8-15(7-16(28)9-17)21(30)27-11-18(24)19(29)12-27;1-11-3-12(8-21)4-18(22-11)27-15-6-13(5-14(7-15)26-2)19(25)23-9-16(20)17(24)10-23;/h6-10,19-20,29H,11-13H2,1-5H3,(H,26,31);5-9,18-19,28-29H,10-12H2,1-4H3,(H,25,31);3-7,16-17,24H,8-10,21H2,1-2H3;1H. The predicted molar refractivity (Wildman–Crippen MR) is 343 cm³/mol. The van der Waals surface area contributed by atoms with Crippen molar-refractivity contribution in [3.05, 3.63) is 141 Å². The zero-order valence-electron chi connectivity index (χ0n) is 54.5. The van der Waals surface area contributed by atoms with Crippen molar-refractivity contribution in [3.63, 3.8) is 0 Å². The molecule has 514 valence electrons. The second-order valence-corrected chi connectivity index (χ2v) is 24.5. The van der Waals surface area contributed by atoms with Crippen LogP contribution in [0.15, 0.2) is 91.0 Å². The number of amides is 5. The van der Waals surface area contributed by atoms with Gasteiger partial charge in [-0.1, -0.05) is 0 Å². The first-order valence-electron chi connectivity index (χ1n) is 29.9. The van der Waals surface area contributed by atoms with E-state index in [1.165, 1.54) is 65.3 Å². The number of halogens is 4. The van der Waals surface area contributed by atoms with E-state index in [4.69, 9.17) is 38.9 Å². The van der Waals surface area contributed by atoms with Crippen molar-refractivity contribution in [2.45, 2.75) is 130 Å². The van der Waals surface area contributed by atoms with E-state index in [0.29, 0.717) is 52.4 Å². The first-order valence-corrected chi connectivity index (χ1v) is 29.9. The number of hydrogen-bond donors (Lipinski definition) is 7. The summed E-state index contributed by atoms with van der Waals surface area (Å²) in [5, 5.41) is 44.2. The number of nitrogens with one attached hydrogen (secondary N) is 2. The molecule has 3 aromatic carbocycles. The number of ether oxygens (including phenoxy) is 7. The molecule has 3 fully saturated rings. The highest BCUT2D eigenvalue weighted by Gasteiger charge is 2.37. The number of alkyl halides is 3. The van der Waals surface area contributed by atoms with E-state index >= 15 is 0 Å². The molecule has 3 aromatic heterocycles. The SMILES string of the molecule is COc1cc(Oc2cc(CN)cc(C)n2)cc(C(=O)N2CC(O)C(F)C2)c1.COc1cc(Oc2cc(CNC(=O)OC(C)(C)C)cc(C)n2)cc(C(=O)N2CC(O)C(F)C2)c1.Cc1cc(CNC(=O)OC(C)(C)C)cc(Oc2cc(O)cc(C(=O)N3CC(O)C(F)C3)c2)n1.Cl. The van der Waals surface area contributed by atoms with Crippen LogP contribution in [0.1, 0.15) is 106 Å². The molecule has 3 saturated heterocycles. The lowest BCUT2D eigenvalue weighted by Gasteiger charge is -2.19. The third-order valence-corrected chi connectivity index (χ3v) is 13.9. The van der Waals surface area contributed by atoms with Crippen LogP contribution in [-0.2, 0) is 29.1 Å². The Balaban J connectivity index is 0.000000226. The zero-order valence-corrected chi connectivity index (χ0v) is 55.3. The van der Waals surface area contributed by atoms with Crippen molar-refractivity contribution in [2.24, 2.45) is 5.73 Å². The lowest BCUT2D eigenvalue weighted by molar-refractivity contribution is 0.0512. The summed E-state index contributed by atoms with van der Waals surface area (Å²) in [4.78, 5) is 78.7. The maximum Gasteiger partial charge on any atom is 0.407 e. The van der Waals surface area contributed by atoms with Gasteiger partial charge in [-0.15, -0.1) is 12.4 Å². The minimum atomic E-state index is -1.51. The van der Waals surface area contributed by atoms with Gasteiger partial charge in [-0.3, -0.25) is 14.4 Å². The van der Waals surface area contributed by atoms with Gasteiger partial charge in [0, 0.05) is 109 Å². The van der Waals surface area contributed by atoms with Gasteiger partial charge in [-0.2, -0.15) is 0 Å². The number of aliphatic hydroxyl groups is 3. The van der Waals surface area contributed by atoms with Gasteiger partial charge >= 0.3 is 12.2 Å². The van der Waals surface area contributed by atoms with Crippen molar-refractivity contribution >= 4 is 42.3 Å². The summed E-state index contributed by atoms with van der Waals surface area (Å²) in [5.74, 6) is 0.797. The average Bonchev–Trinajstić information content (AvgIpc) is 1.82. The molecule has 6 unspecified atom stereocenters. The number of aromatic hydroxyl groups is 1. The molecule has 3 aliphatic rings. The Bertz CT molecular complexity index is 3660. The third-order valence-electron chi connectivity index (χ3n) is 13.9. The maximum atomic E-state index is 13.7. The molecule has 29 heteroatoms. The third kappa shape index (κ3) is 22.5. The first-order chi connectivity index (χ1) is 44.2. The molecule has 5 amide bonds. The van der Waals surface area contributed by atoms with Gasteiger partial charge in [0.25, 0.3) is 17.7 Å². The molecule has 0 radical (unpaired) electrons. The minimum Gasteiger partial charge on any atom is -0.508 e. The van der Waals surface area contributed by atoms with Crippen LogP contribution in [0.4, 0.5) is 22.8 Å².